The van der Waals surface area contributed by atoms with Crippen LogP contribution in [0.3, 0.4) is 0 Å². The number of carbonyl (C=O) groups is 1. The quantitative estimate of drug-likeness (QED) is 0.719. The molecule has 0 saturated carbocycles. The maximum atomic E-state index is 12.2. The maximum Gasteiger partial charge on any atom is 0.271 e. The minimum atomic E-state index is -0.356. The van der Waals surface area contributed by atoms with Gasteiger partial charge in [-0.2, -0.15) is 5.10 Å². The molecule has 0 saturated heterocycles. The molecular formula is C17H19N7O2. The van der Waals surface area contributed by atoms with Crippen molar-refractivity contribution in [3.05, 3.63) is 63.7 Å². The summed E-state index contributed by atoms with van der Waals surface area (Å²) >= 11 is 0. The predicted octanol–water partition coefficient (Wildman–Crippen LogP) is 0.574. The van der Waals surface area contributed by atoms with E-state index in [-0.39, 0.29) is 23.7 Å². The molecule has 0 aromatic carbocycles. The summed E-state index contributed by atoms with van der Waals surface area (Å²) in [6, 6.07) is 6.67. The van der Waals surface area contributed by atoms with Crippen LogP contribution >= 0.6 is 0 Å². The molecule has 0 spiro atoms. The van der Waals surface area contributed by atoms with E-state index in [0.717, 1.165) is 11.4 Å². The van der Waals surface area contributed by atoms with E-state index in [1.54, 1.807) is 23.7 Å². The molecule has 0 aliphatic carbocycles. The van der Waals surface area contributed by atoms with Crippen molar-refractivity contribution in [1.82, 2.24) is 34.8 Å². The average molecular weight is 353 g/mol. The molecule has 134 valence electrons. The molecule has 0 aliphatic heterocycles. The fourth-order valence-electron chi connectivity index (χ4n) is 2.49. The molecule has 0 aliphatic rings. The monoisotopic (exact) mass is 353 g/mol. The molecule has 0 fully saturated rings. The Morgan fingerprint density at radius 2 is 1.92 bits per heavy atom. The number of carbonyl (C=O) groups excluding carboxylic acids is 1. The molecule has 3 aromatic heterocycles. The van der Waals surface area contributed by atoms with E-state index < -0.39 is 0 Å². The van der Waals surface area contributed by atoms with Gasteiger partial charge in [-0.25, -0.2) is 9.67 Å². The first-order valence-electron chi connectivity index (χ1n) is 8.13. The van der Waals surface area contributed by atoms with Crippen molar-refractivity contribution in [3.8, 4) is 5.82 Å². The summed E-state index contributed by atoms with van der Waals surface area (Å²) < 4.78 is 3.10. The summed E-state index contributed by atoms with van der Waals surface area (Å²) in [5.74, 6) is 0.190. The van der Waals surface area contributed by atoms with Crippen molar-refractivity contribution in [2.75, 3.05) is 6.54 Å². The number of nitrogens with zero attached hydrogens (tertiary/aromatic N) is 6. The Bertz CT molecular complexity index is 989. The van der Waals surface area contributed by atoms with Crippen molar-refractivity contribution in [2.24, 2.45) is 0 Å². The van der Waals surface area contributed by atoms with E-state index >= 15 is 0 Å². The van der Waals surface area contributed by atoms with Gasteiger partial charge in [-0.05, 0) is 39.0 Å². The Morgan fingerprint density at radius 1 is 1.12 bits per heavy atom. The Hall–Kier alpha value is -3.36. The van der Waals surface area contributed by atoms with E-state index in [1.807, 2.05) is 19.9 Å². The number of hydrogen-bond donors (Lipinski definition) is 1. The van der Waals surface area contributed by atoms with Crippen LogP contribution in [-0.4, -0.2) is 42.0 Å². The minimum Gasteiger partial charge on any atom is -0.349 e. The minimum absolute atomic E-state index is 0.152. The van der Waals surface area contributed by atoms with Crippen LogP contribution < -0.4 is 10.9 Å². The third-order valence-electron chi connectivity index (χ3n) is 3.76. The first kappa shape index (κ1) is 17.5. The normalized spacial score (nSPS) is 10.7. The van der Waals surface area contributed by atoms with Crippen LogP contribution in [0.25, 0.3) is 5.82 Å². The standard InChI is InChI=1S/C17H19N7O2/c1-11-9-16(25)23(10-19-11)7-6-18-17(26)14-4-5-15(21-20-14)24-13(3)8-12(2)22-24/h4-5,8-10H,6-7H2,1-3H3,(H,18,26). The smallest absolute Gasteiger partial charge is 0.271 e. The van der Waals surface area contributed by atoms with E-state index in [4.69, 9.17) is 0 Å². The zero-order valence-corrected chi connectivity index (χ0v) is 14.8. The molecule has 3 heterocycles. The summed E-state index contributed by atoms with van der Waals surface area (Å²) in [7, 11) is 0. The highest BCUT2D eigenvalue weighted by Gasteiger charge is 2.10. The lowest BCUT2D eigenvalue weighted by Crippen LogP contribution is -2.31. The largest absolute Gasteiger partial charge is 0.349 e. The van der Waals surface area contributed by atoms with Crippen molar-refractivity contribution in [2.45, 2.75) is 27.3 Å². The highest BCUT2D eigenvalue weighted by Crippen LogP contribution is 2.08. The second kappa shape index (κ2) is 7.26. The molecule has 1 amide bonds. The molecule has 0 unspecified atom stereocenters. The second-order valence-corrected chi connectivity index (χ2v) is 5.93. The first-order valence-corrected chi connectivity index (χ1v) is 8.13. The average Bonchev–Trinajstić information content (AvgIpc) is 2.95. The van der Waals surface area contributed by atoms with Gasteiger partial charge >= 0.3 is 0 Å². The lowest BCUT2D eigenvalue weighted by atomic mass is 10.3. The fraction of sp³-hybridized carbons (Fsp3) is 0.294. The molecule has 1 N–H and O–H groups in total. The van der Waals surface area contributed by atoms with Crippen LogP contribution in [0.4, 0.5) is 0 Å². The highest BCUT2D eigenvalue weighted by atomic mass is 16.2. The SMILES string of the molecule is Cc1cc(=O)n(CCNC(=O)c2ccc(-n3nc(C)cc3C)nn2)cn1. The lowest BCUT2D eigenvalue weighted by Gasteiger charge is -2.07. The number of aromatic nitrogens is 6. The molecule has 9 heteroatoms. The Labute approximate surface area is 149 Å². The fourth-order valence-corrected chi connectivity index (χ4v) is 2.49. The van der Waals surface area contributed by atoms with Crippen LogP contribution in [0.1, 0.15) is 27.6 Å². The van der Waals surface area contributed by atoms with Crippen molar-refractivity contribution < 1.29 is 4.79 Å². The Balaban J connectivity index is 1.61. The molecule has 3 aromatic rings. The number of nitrogens with one attached hydrogen (secondary N) is 1. The van der Waals surface area contributed by atoms with Crippen molar-refractivity contribution in [3.63, 3.8) is 0 Å². The van der Waals surface area contributed by atoms with Gasteiger partial charge in [0.05, 0.1) is 12.0 Å². The summed E-state index contributed by atoms with van der Waals surface area (Å²) in [5, 5.41) is 15.1. The molecule has 3 rings (SSSR count). The van der Waals surface area contributed by atoms with Crippen LogP contribution in [0.2, 0.25) is 0 Å². The van der Waals surface area contributed by atoms with E-state index in [2.05, 4.69) is 25.6 Å². The lowest BCUT2D eigenvalue weighted by molar-refractivity contribution is 0.0946. The number of rotatable bonds is 5. The first-order chi connectivity index (χ1) is 12.4. The van der Waals surface area contributed by atoms with Crippen LogP contribution in [0.5, 0.6) is 0 Å². The van der Waals surface area contributed by atoms with Gasteiger partial charge in [-0.15, -0.1) is 10.2 Å². The Morgan fingerprint density at radius 3 is 2.54 bits per heavy atom. The number of amides is 1. The predicted molar refractivity (Wildman–Crippen MR) is 94.2 cm³/mol. The molecule has 26 heavy (non-hydrogen) atoms. The third kappa shape index (κ3) is 3.82. The van der Waals surface area contributed by atoms with Gasteiger partial charge < -0.3 is 5.32 Å². The number of aryl methyl sites for hydroxylation is 3. The maximum absolute atomic E-state index is 12.2. The van der Waals surface area contributed by atoms with Gasteiger partial charge in [-0.1, -0.05) is 0 Å². The summed E-state index contributed by atoms with van der Waals surface area (Å²) in [4.78, 5) is 28.0. The van der Waals surface area contributed by atoms with Gasteiger partial charge in [-0.3, -0.25) is 14.2 Å². The van der Waals surface area contributed by atoms with Gasteiger partial charge in [0.1, 0.15) is 0 Å². The summed E-state index contributed by atoms with van der Waals surface area (Å²) in [6.07, 6.45) is 1.47. The van der Waals surface area contributed by atoms with Gasteiger partial charge in [0.2, 0.25) is 0 Å². The van der Waals surface area contributed by atoms with Crippen LogP contribution in [0, 0.1) is 20.8 Å². The van der Waals surface area contributed by atoms with E-state index in [1.165, 1.54) is 17.0 Å². The molecule has 0 radical (unpaired) electrons. The van der Waals surface area contributed by atoms with E-state index in [9.17, 15) is 9.59 Å². The molecule has 9 nitrogen and oxygen atoms in total. The summed E-state index contributed by atoms with van der Waals surface area (Å²) in [5.41, 5.74) is 2.52. The third-order valence-corrected chi connectivity index (χ3v) is 3.76. The second-order valence-electron chi connectivity index (χ2n) is 5.93. The van der Waals surface area contributed by atoms with Crippen LogP contribution in [0.15, 0.2) is 35.4 Å². The van der Waals surface area contributed by atoms with Crippen LogP contribution in [-0.2, 0) is 6.54 Å². The van der Waals surface area contributed by atoms with E-state index in [0.29, 0.717) is 18.1 Å². The molecular weight excluding hydrogens is 334 g/mol. The van der Waals surface area contributed by atoms with Gasteiger partial charge in [0, 0.05) is 30.5 Å². The van der Waals surface area contributed by atoms with Gasteiger partial charge in [0.25, 0.3) is 11.5 Å². The Kier molecular flexibility index (Phi) is 4.87. The van der Waals surface area contributed by atoms with Crippen molar-refractivity contribution in [1.29, 1.82) is 0 Å². The van der Waals surface area contributed by atoms with Gasteiger partial charge in [0.15, 0.2) is 11.5 Å². The zero-order chi connectivity index (χ0) is 18.7. The van der Waals surface area contributed by atoms with Crippen molar-refractivity contribution >= 4 is 5.91 Å². The zero-order valence-electron chi connectivity index (χ0n) is 14.8. The number of hydrogen-bond acceptors (Lipinski definition) is 6. The molecule has 0 bridgehead atoms. The topological polar surface area (TPSA) is 108 Å². The summed E-state index contributed by atoms with van der Waals surface area (Å²) in [6.45, 7) is 6.18. The molecule has 0 atom stereocenters. The highest BCUT2D eigenvalue weighted by molar-refractivity contribution is 5.92.